The van der Waals surface area contributed by atoms with Crippen molar-refractivity contribution in [3.8, 4) is 5.75 Å². The summed E-state index contributed by atoms with van der Waals surface area (Å²) in [5.41, 5.74) is 7.56. The molecule has 0 atom stereocenters. The number of nitrogens with two attached hydrogens (primary N) is 1. The minimum absolute atomic E-state index is 0.00959. The van der Waals surface area contributed by atoms with Gasteiger partial charge in [0.25, 0.3) is 5.91 Å². The van der Waals surface area contributed by atoms with Crippen molar-refractivity contribution >= 4 is 11.6 Å². The van der Waals surface area contributed by atoms with Gasteiger partial charge in [-0.2, -0.15) is 0 Å². The first-order chi connectivity index (χ1) is 8.17. The number of carbonyl (C=O) groups excluding carboxylic acids is 1. The zero-order chi connectivity index (χ0) is 12.7. The number of ether oxygens (including phenoxy) is 1. The van der Waals surface area contributed by atoms with E-state index in [0.29, 0.717) is 18.0 Å². The first-order valence-electron chi connectivity index (χ1n) is 5.95. The molecule has 3 N–H and O–H groups in total. The van der Waals surface area contributed by atoms with E-state index in [-0.39, 0.29) is 12.5 Å². The maximum atomic E-state index is 11.3. The van der Waals surface area contributed by atoms with E-state index in [9.17, 15) is 4.79 Å². The number of carbonyl (C=O) groups is 1. The van der Waals surface area contributed by atoms with Gasteiger partial charge in [0.15, 0.2) is 6.61 Å². The standard InChI is InChI=1S/C13H20N2O2/c1-3-7-15-13(16)9-17-12-6-5-10(4-2)8-11(12)14/h5-6,8H,3-4,7,9,14H2,1-2H3,(H,15,16). The third kappa shape index (κ3) is 4.34. The highest BCUT2D eigenvalue weighted by molar-refractivity contribution is 5.77. The molecule has 0 aliphatic heterocycles. The van der Waals surface area contributed by atoms with Crippen LogP contribution in [0.15, 0.2) is 18.2 Å². The van der Waals surface area contributed by atoms with Gasteiger partial charge in [-0.3, -0.25) is 4.79 Å². The topological polar surface area (TPSA) is 64.3 Å². The molecule has 0 heterocycles. The summed E-state index contributed by atoms with van der Waals surface area (Å²) in [6.45, 7) is 4.75. The number of rotatable bonds is 6. The van der Waals surface area contributed by atoms with Gasteiger partial charge >= 0.3 is 0 Å². The molecule has 0 saturated carbocycles. The van der Waals surface area contributed by atoms with Gasteiger partial charge in [-0.05, 0) is 30.5 Å². The molecule has 1 amide bonds. The minimum Gasteiger partial charge on any atom is -0.482 e. The summed E-state index contributed by atoms with van der Waals surface area (Å²) >= 11 is 0. The molecule has 0 saturated heterocycles. The molecule has 1 aromatic carbocycles. The first-order valence-corrected chi connectivity index (χ1v) is 5.95. The van der Waals surface area contributed by atoms with E-state index in [4.69, 9.17) is 10.5 Å². The molecule has 17 heavy (non-hydrogen) atoms. The second-order valence-corrected chi connectivity index (χ2v) is 3.86. The predicted molar refractivity (Wildman–Crippen MR) is 69.0 cm³/mol. The Balaban J connectivity index is 2.49. The van der Waals surface area contributed by atoms with Crippen LogP contribution in [0.5, 0.6) is 5.75 Å². The molecule has 0 radical (unpaired) electrons. The van der Waals surface area contributed by atoms with Gasteiger partial charge in [0.1, 0.15) is 5.75 Å². The lowest BCUT2D eigenvalue weighted by Gasteiger charge is -2.10. The van der Waals surface area contributed by atoms with Crippen molar-refractivity contribution in [3.05, 3.63) is 23.8 Å². The van der Waals surface area contributed by atoms with Crippen molar-refractivity contribution in [2.45, 2.75) is 26.7 Å². The van der Waals surface area contributed by atoms with Crippen molar-refractivity contribution < 1.29 is 9.53 Å². The van der Waals surface area contributed by atoms with Crippen molar-refractivity contribution in [2.24, 2.45) is 0 Å². The molecule has 94 valence electrons. The van der Waals surface area contributed by atoms with E-state index in [1.165, 1.54) is 0 Å². The Kier molecular flexibility index (Phi) is 5.33. The van der Waals surface area contributed by atoms with Crippen LogP contribution in [0.3, 0.4) is 0 Å². The monoisotopic (exact) mass is 236 g/mol. The summed E-state index contributed by atoms with van der Waals surface area (Å²) in [5.74, 6) is 0.444. The molecule has 0 spiro atoms. The molecule has 0 aliphatic carbocycles. The summed E-state index contributed by atoms with van der Waals surface area (Å²) in [7, 11) is 0. The van der Waals surface area contributed by atoms with Crippen LogP contribution in [-0.2, 0) is 11.2 Å². The predicted octanol–water partition coefficient (Wildman–Crippen LogP) is 1.74. The Morgan fingerprint density at radius 1 is 1.41 bits per heavy atom. The van der Waals surface area contributed by atoms with Crippen LogP contribution >= 0.6 is 0 Å². The quantitative estimate of drug-likeness (QED) is 0.739. The molecule has 0 unspecified atom stereocenters. The Morgan fingerprint density at radius 2 is 2.18 bits per heavy atom. The number of benzene rings is 1. The number of amides is 1. The van der Waals surface area contributed by atoms with Crippen LogP contribution < -0.4 is 15.8 Å². The Bertz CT molecular complexity index is 378. The van der Waals surface area contributed by atoms with Crippen LogP contribution in [-0.4, -0.2) is 19.1 Å². The summed E-state index contributed by atoms with van der Waals surface area (Å²) in [6, 6.07) is 5.64. The Morgan fingerprint density at radius 3 is 2.76 bits per heavy atom. The molecule has 4 heteroatoms. The lowest BCUT2D eigenvalue weighted by atomic mass is 10.1. The van der Waals surface area contributed by atoms with Crippen LogP contribution in [0.4, 0.5) is 5.69 Å². The Hall–Kier alpha value is -1.71. The van der Waals surface area contributed by atoms with Crippen LogP contribution in [0, 0.1) is 0 Å². The fourth-order valence-electron chi connectivity index (χ4n) is 1.41. The highest BCUT2D eigenvalue weighted by atomic mass is 16.5. The number of hydrogen-bond acceptors (Lipinski definition) is 3. The molecule has 1 rings (SSSR count). The summed E-state index contributed by atoms with van der Waals surface area (Å²) in [4.78, 5) is 11.3. The van der Waals surface area contributed by atoms with E-state index in [2.05, 4.69) is 12.2 Å². The number of anilines is 1. The SMILES string of the molecule is CCCNC(=O)COc1ccc(CC)cc1N. The third-order valence-corrected chi connectivity index (χ3v) is 2.41. The summed E-state index contributed by atoms with van der Waals surface area (Å²) in [6.07, 6.45) is 1.85. The molecular weight excluding hydrogens is 216 g/mol. The van der Waals surface area contributed by atoms with Gasteiger partial charge in [0.05, 0.1) is 5.69 Å². The van der Waals surface area contributed by atoms with Gasteiger partial charge in [-0.1, -0.05) is 19.9 Å². The second-order valence-electron chi connectivity index (χ2n) is 3.86. The normalized spacial score (nSPS) is 10.0. The fraction of sp³-hybridized carbons (Fsp3) is 0.462. The van der Waals surface area contributed by atoms with Crippen LogP contribution in [0.1, 0.15) is 25.8 Å². The maximum Gasteiger partial charge on any atom is 0.257 e. The highest BCUT2D eigenvalue weighted by Crippen LogP contribution is 2.22. The summed E-state index contributed by atoms with van der Waals surface area (Å²) < 4.78 is 5.36. The zero-order valence-electron chi connectivity index (χ0n) is 10.5. The van der Waals surface area contributed by atoms with Crippen molar-refractivity contribution in [3.63, 3.8) is 0 Å². The Labute approximate surface area is 102 Å². The molecule has 1 aromatic rings. The van der Waals surface area contributed by atoms with Crippen LogP contribution in [0.2, 0.25) is 0 Å². The van der Waals surface area contributed by atoms with Gasteiger partial charge in [-0.25, -0.2) is 0 Å². The van der Waals surface area contributed by atoms with E-state index < -0.39 is 0 Å². The van der Waals surface area contributed by atoms with Crippen molar-refractivity contribution in [1.29, 1.82) is 0 Å². The van der Waals surface area contributed by atoms with Gasteiger partial charge in [-0.15, -0.1) is 0 Å². The second kappa shape index (κ2) is 6.78. The lowest BCUT2D eigenvalue weighted by molar-refractivity contribution is -0.123. The third-order valence-electron chi connectivity index (χ3n) is 2.41. The van der Waals surface area contributed by atoms with E-state index in [1.54, 1.807) is 6.07 Å². The lowest BCUT2D eigenvalue weighted by Crippen LogP contribution is -2.29. The number of hydrogen-bond donors (Lipinski definition) is 2. The molecule has 0 aliphatic rings. The van der Waals surface area contributed by atoms with Gasteiger partial charge < -0.3 is 15.8 Å². The maximum absolute atomic E-state index is 11.3. The average molecular weight is 236 g/mol. The smallest absolute Gasteiger partial charge is 0.257 e. The number of nitrogens with one attached hydrogen (secondary N) is 1. The van der Waals surface area contributed by atoms with Crippen molar-refractivity contribution in [1.82, 2.24) is 5.32 Å². The van der Waals surface area contributed by atoms with Gasteiger partial charge in [0.2, 0.25) is 0 Å². The van der Waals surface area contributed by atoms with Gasteiger partial charge in [0, 0.05) is 6.54 Å². The fourth-order valence-corrected chi connectivity index (χ4v) is 1.41. The molecule has 0 bridgehead atoms. The number of nitrogen functional groups attached to an aromatic ring is 1. The average Bonchev–Trinajstić information content (AvgIpc) is 2.34. The van der Waals surface area contributed by atoms with Crippen LogP contribution in [0.25, 0.3) is 0 Å². The largest absolute Gasteiger partial charge is 0.482 e. The van der Waals surface area contributed by atoms with E-state index in [0.717, 1.165) is 18.4 Å². The molecule has 0 fully saturated rings. The highest BCUT2D eigenvalue weighted by Gasteiger charge is 2.05. The first kappa shape index (κ1) is 13.4. The van der Waals surface area contributed by atoms with E-state index >= 15 is 0 Å². The molecular formula is C13H20N2O2. The molecule has 4 nitrogen and oxygen atoms in total. The van der Waals surface area contributed by atoms with E-state index in [1.807, 2.05) is 19.1 Å². The number of aryl methyl sites for hydroxylation is 1. The molecule has 0 aromatic heterocycles. The minimum atomic E-state index is -0.120. The van der Waals surface area contributed by atoms with Crippen molar-refractivity contribution in [2.75, 3.05) is 18.9 Å². The summed E-state index contributed by atoms with van der Waals surface area (Å²) in [5, 5.41) is 2.74. The zero-order valence-corrected chi connectivity index (χ0v) is 10.5.